The second-order valence-electron chi connectivity index (χ2n) is 4.50. The minimum atomic E-state index is -0.0174. The fourth-order valence-electron chi connectivity index (χ4n) is 1.94. The molecule has 0 radical (unpaired) electrons. The topological polar surface area (TPSA) is 26.3 Å². The van der Waals surface area contributed by atoms with Crippen molar-refractivity contribution in [1.82, 2.24) is 0 Å². The summed E-state index contributed by atoms with van der Waals surface area (Å²) in [6.07, 6.45) is 0. The molecule has 0 bridgehead atoms. The SMILES string of the molecule is COc1cc(C(=O)c2cc(C)ccc2C)ccc1Cl. The summed E-state index contributed by atoms with van der Waals surface area (Å²) in [5, 5.41) is 0.500. The largest absolute Gasteiger partial charge is 0.495 e. The van der Waals surface area contributed by atoms with Gasteiger partial charge in [-0.15, -0.1) is 0 Å². The molecule has 0 saturated heterocycles. The quantitative estimate of drug-likeness (QED) is 0.784. The van der Waals surface area contributed by atoms with Crippen LogP contribution in [0, 0.1) is 13.8 Å². The second-order valence-corrected chi connectivity index (χ2v) is 4.90. The van der Waals surface area contributed by atoms with Gasteiger partial charge in [-0.3, -0.25) is 4.79 Å². The van der Waals surface area contributed by atoms with Gasteiger partial charge in [0.25, 0.3) is 0 Å². The molecule has 0 aliphatic rings. The lowest BCUT2D eigenvalue weighted by Gasteiger charge is -2.08. The van der Waals surface area contributed by atoms with Gasteiger partial charge in [0.2, 0.25) is 0 Å². The smallest absolute Gasteiger partial charge is 0.193 e. The molecule has 0 spiro atoms. The van der Waals surface area contributed by atoms with Crippen LogP contribution in [-0.2, 0) is 0 Å². The normalized spacial score (nSPS) is 10.3. The van der Waals surface area contributed by atoms with E-state index < -0.39 is 0 Å². The van der Waals surface area contributed by atoms with E-state index in [1.807, 2.05) is 32.0 Å². The molecule has 2 rings (SSSR count). The molecule has 3 heteroatoms. The molecule has 0 saturated carbocycles. The Morgan fingerprint density at radius 2 is 1.84 bits per heavy atom. The van der Waals surface area contributed by atoms with Crippen molar-refractivity contribution in [2.45, 2.75) is 13.8 Å². The van der Waals surface area contributed by atoms with Crippen molar-refractivity contribution < 1.29 is 9.53 Å². The molecular formula is C16H15ClO2. The Morgan fingerprint density at radius 1 is 1.11 bits per heavy atom. The number of ether oxygens (including phenoxy) is 1. The number of aryl methyl sites for hydroxylation is 2. The molecule has 0 aromatic heterocycles. The molecule has 0 N–H and O–H groups in total. The summed E-state index contributed by atoms with van der Waals surface area (Å²) in [6.45, 7) is 3.90. The Balaban J connectivity index is 2.47. The highest BCUT2D eigenvalue weighted by Gasteiger charge is 2.14. The summed E-state index contributed by atoms with van der Waals surface area (Å²) in [4.78, 5) is 12.5. The average molecular weight is 275 g/mol. The predicted octanol–water partition coefficient (Wildman–Crippen LogP) is 4.20. The summed E-state index contributed by atoms with van der Waals surface area (Å²) >= 11 is 5.97. The molecule has 0 fully saturated rings. The standard InChI is InChI=1S/C16H15ClO2/c1-10-4-5-11(2)13(8-10)16(18)12-6-7-14(17)15(9-12)19-3/h4-9H,1-3H3. The van der Waals surface area contributed by atoms with Crippen LogP contribution in [0.4, 0.5) is 0 Å². The first-order valence-corrected chi connectivity index (χ1v) is 6.36. The second kappa shape index (κ2) is 5.45. The lowest BCUT2D eigenvalue weighted by Crippen LogP contribution is -2.04. The highest BCUT2D eigenvalue weighted by atomic mass is 35.5. The maximum Gasteiger partial charge on any atom is 0.193 e. The van der Waals surface area contributed by atoms with Gasteiger partial charge in [0.1, 0.15) is 5.75 Å². The van der Waals surface area contributed by atoms with Gasteiger partial charge < -0.3 is 4.74 Å². The van der Waals surface area contributed by atoms with Gasteiger partial charge in [-0.1, -0.05) is 29.3 Å². The van der Waals surface area contributed by atoms with Crippen LogP contribution in [0.2, 0.25) is 5.02 Å². The van der Waals surface area contributed by atoms with Gasteiger partial charge in [-0.25, -0.2) is 0 Å². The first-order valence-electron chi connectivity index (χ1n) is 5.98. The van der Waals surface area contributed by atoms with Crippen LogP contribution in [0.1, 0.15) is 27.0 Å². The van der Waals surface area contributed by atoms with Crippen molar-refractivity contribution in [3.8, 4) is 5.75 Å². The third kappa shape index (κ3) is 2.79. The summed E-state index contributed by atoms with van der Waals surface area (Å²) < 4.78 is 5.14. The van der Waals surface area contributed by atoms with Crippen LogP contribution in [0.3, 0.4) is 0 Å². The first kappa shape index (κ1) is 13.6. The molecule has 98 valence electrons. The van der Waals surface area contributed by atoms with Crippen LogP contribution in [0.15, 0.2) is 36.4 Å². The van der Waals surface area contributed by atoms with Gasteiger partial charge in [0, 0.05) is 11.1 Å². The number of hydrogen-bond acceptors (Lipinski definition) is 2. The Morgan fingerprint density at radius 3 is 2.53 bits per heavy atom. The average Bonchev–Trinajstić information content (AvgIpc) is 2.41. The maximum atomic E-state index is 12.5. The molecule has 0 aliphatic heterocycles. The lowest BCUT2D eigenvalue weighted by atomic mass is 9.97. The predicted molar refractivity (Wildman–Crippen MR) is 77.4 cm³/mol. The zero-order valence-corrected chi connectivity index (χ0v) is 11.9. The number of hydrogen-bond donors (Lipinski definition) is 0. The zero-order chi connectivity index (χ0) is 14.0. The summed E-state index contributed by atoms with van der Waals surface area (Å²) in [6, 6.07) is 10.9. The van der Waals surface area contributed by atoms with Gasteiger partial charge in [0.05, 0.1) is 12.1 Å². The van der Waals surface area contributed by atoms with Gasteiger partial charge in [0.15, 0.2) is 5.78 Å². The third-order valence-electron chi connectivity index (χ3n) is 3.05. The van der Waals surface area contributed by atoms with E-state index in [0.717, 1.165) is 11.1 Å². The van der Waals surface area contributed by atoms with Crippen LogP contribution in [0.5, 0.6) is 5.75 Å². The molecule has 2 aromatic rings. The van der Waals surface area contributed by atoms with Crippen LogP contribution < -0.4 is 4.74 Å². The fraction of sp³-hybridized carbons (Fsp3) is 0.188. The number of halogens is 1. The van der Waals surface area contributed by atoms with Crippen LogP contribution in [-0.4, -0.2) is 12.9 Å². The van der Waals surface area contributed by atoms with Gasteiger partial charge in [-0.05, 0) is 43.7 Å². The Kier molecular flexibility index (Phi) is 3.91. The lowest BCUT2D eigenvalue weighted by molar-refractivity contribution is 0.103. The van der Waals surface area contributed by atoms with E-state index in [-0.39, 0.29) is 5.78 Å². The Hall–Kier alpha value is -1.80. The van der Waals surface area contributed by atoms with E-state index >= 15 is 0 Å². The van der Waals surface area contributed by atoms with E-state index in [0.29, 0.717) is 21.9 Å². The number of rotatable bonds is 3. The number of methoxy groups -OCH3 is 1. The molecule has 0 aliphatic carbocycles. The van der Waals surface area contributed by atoms with Crippen molar-refractivity contribution >= 4 is 17.4 Å². The van der Waals surface area contributed by atoms with Crippen molar-refractivity contribution in [2.75, 3.05) is 7.11 Å². The monoisotopic (exact) mass is 274 g/mol. The van der Waals surface area contributed by atoms with Crippen molar-refractivity contribution in [2.24, 2.45) is 0 Å². The van der Waals surface area contributed by atoms with E-state index in [1.54, 1.807) is 18.2 Å². The summed E-state index contributed by atoms with van der Waals surface area (Å²) in [5.74, 6) is 0.494. The zero-order valence-electron chi connectivity index (χ0n) is 11.2. The number of ketones is 1. The minimum Gasteiger partial charge on any atom is -0.495 e. The van der Waals surface area contributed by atoms with E-state index in [2.05, 4.69) is 0 Å². The Bertz CT molecular complexity index is 633. The maximum absolute atomic E-state index is 12.5. The molecule has 2 aromatic carbocycles. The molecule has 0 unspecified atom stereocenters. The molecule has 2 nitrogen and oxygen atoms in total. The number of carbonyl (C=O) groups excluding carboxylic acids is 1. The molecule has 0 heterocycles. The van der Waals surface area contributed by atoms with E-state index in [1.165, 1.54) is 7.11 Å². The van der Waals surface area contributed by atoms with E-state index in [4.69, 9.17) is 16.3 Å². The highest BCUT2D eigenvalue weighted by molar-refractivity contribution is 6.32. The van der Waals surface area contributed by atoms with Crippen molar-refractivity contribution in [3.05, 3.63) is 63.7 Å². The number of benzene rings is 2. The molecular weight excluding hydrogens is 260 g/mol. The fourth-order valence-corrected chi connectivity index (χ4v) is 2.13. The Labute approximate surface area is 118 Å². The van der Waals surface area contributed by atoms with Crippen molar-refractivity contribution in [1.29, 1.82) is 0 Å². The van der Waals surface area contributed by atoms with Gasteiger partial charge >= 0.3 is 0 Å². The minimum absolute atomic E-state index is 0.0174. The van der Waals surface area contributed by atoms with E-state index in [9.17, 15) is 4.79 Å². The van der Waals surface area contributed by atoms with Crippen molar-refractivity contribution in [3.63, 3.8) is 0 Å². The molecule has 0 atom stereocenters. The van der Waals surface area contributed by atoms with Crippen LogP contribution >= 0.6 is 11.6 Å². The summed E-state index contributed by atoms with van der Waals surface area (Å²) in [5.41, 5.74) is 3.32. The molecule has 19 heavy (non-hydrogen) atoms. The number of carbonyl (C=O) groups is 1. The van der Waals surface area contributed by atoms with Crippen LogP contribution in [0.25, 0.3) is 0 Å². The van der Waals surface area contributed by atoms with Gasteiger partial charge in [-0.2, -0.15) is 0 Å². The summed E-state index contributed by atoms with van der Waals surface area (Å²) in [7, 11) is 1.54. The highest BCUT2D eigenvalue weighted by Crippen LogP contribution is 2.26. The third-order valence-corrected chi connectivity index (χ3v) is 3.36. The first-order chi connectivity index (χ1) is 9.02. The molecule has 0 amide bonds.